The Morgan fingerprint density at radius 2 is 1.41 bits per heavy atom. The summed E-state index contributed by atoms with van der Waals surface area (Å²) in [5.41, 5.74) is 2.04. The van der Waals surface area contributed by atoms with Crippen LogP contribution in [0.15, 0.2) is 54.6 Å². The normalized spacial score (nSPS) is 17.1. The van der Waals surface area contributed by atoms with Crippen LogP contribution in [0.5, 0.6) is 0 Å². The number of carbonyl (C=O) groups excluding carboxylic acids is 2. The summed E-state index contributed by atoms with van der Waals surface area (Å²) in [6, 6.07) is 16.0. The van der Waals surface area contributed by atoms with E-state index in [1.54, 1.807) is 12.1 Å². The van der Waals surface area contributed by atoms with Crippen molar-refractivity contribution in [3.63, 3.8) is 0 Å². The van der Waals surface area contributed by atoms with Gasteiger partial charge in [-0.15, -0.1) is 0 Å². The number of alkyl halides is 2. The van der Waals surface area contributed by atoms with E-state index in [9.17, 15) is 18.4 Å². The summed E-state index contributed by atoms with van der Waals surface area (Å²) in [4.78, 5) is 25.1. The minimum atomic E-state index is -2.88. The summed E-state index contributed by atoms with van der Waals surface area (Å²) >= 11 is 0. The van der Waals surface area contributed by atoms with Crippen LogP contribution in [0.25, 0.3) is 11.1 Å². The summed E-state index contributed by atoms with van der Waals surface area (Å²) in [7, 11) is -0.128. The fourth-order valence-corrected chi connectivity index (χ4v) is 2.95. The molecule has 1 unspecified atom stereocenters. The molecule has 0 radical (unpaired) electrons. The molecular weight excluding hydrogens is 355 g/mol. The second-order valence-electron chi connectivity index (χ2n) is 6.37. The van der Waals surface area contributed by atoms with Crippen molar-refractivity contribution >= 4 is 19.1 Å². The quantitative estimate of drug-likeness (QED) is 0.772. The van der Waals surface area contributed by atoms with Crippen molar-refractivity contribution in [2.75, 3.05) is 20.1 Å². The van der Waals surface area contributed by atoms with Gasteiger partial charge in [0.05, 0.1) is 13.1 Å². The molecule has 8 heteroatoms. The summed E-state index contributed by atoms with van der Waals surface area (Å²) in [5, 5.41) is 0. The molecule has 1 fully saturated rings. The molecule has 140 valence electrons. The summed E-state index contributed by atoms with van der Waals surface area (Å²) in [6.45, 7) is -0.344. The molecule has 1 saturated heterocycles. The van der Waals surface area contributed by atoms with E-state index in [2.05, 4.69) is 0 Å². The topological polar surface area (TPSA) is 55.8 Å². The lowest BCUT2D eigenvalue weighted by atomic mass is 9.67. The SMILES string of the molecule is CN1CC(=O)OB(C(c2ccc(-c3ccccc3)cc2)C(F)F)OC(=O)C1. The van der Waals surface area contributed by atoms with Gasteiger partial charge in [0.25, 0.3) is 0 Å². The lowest BCUT2D eigenvalue weighted by Gasteiger charge is -2.27. The van der Waals surface area contributed by atoms with Crippen molar-refractivity contribution in [2.45, 2.75) is 12.2 Å². The van der Waals surface area contributed by atoms with E-state index in [-0.39, 0.29) is 18.7 Å². The van der Waals surface area contributed by atoms with E-state index in [1.807, 2.05) is 30.3 Å². The third kappa shape index (κ3) is 4.71. The number of nitrogens with zero attached hydrogens (tertiary/aromatic N) is 1. The van der Waals surface area contributed by atoms with Crippen molar-refractivity contribution in [3.05, 3.63) is 60.2 Å². The lowest BCUT2D eigenvalue weighted by Crippen LogP contribution is -2.46. The Morgan fingerprint density at radius 3 is 1.93 bits per heavy atom. The third-order valence-corrected chi connectivity index (χ3v) is 4.26. The first kappa shape index (κ1) is 19.0. The van der Waals surface area contributed by atoms with Gasteiger partial charge < -0.3 is 9.31 Å². The second kappa shape index (κ2) is 8.31. The van der Waals surface area contributed by atoms with Gasteiger partial charge in [-0.25, -0.2) is 8.78 Å². The molecule has 2 aromatic carbocycles. The number of halogens is 2. The van der Waals surface area contributed by atoms with Crippen molar-refractivity contribution < 1.29 is 27.7 Å². The Kier molecular flexibility index (Phi) is 5.86. The Bertz CT molecular complexity index is 781. The van der Waals surface area contributed by atoms with E-state index < -0.39 is 31.3 Å². The Balaban J connectivity index is 1.86. The number of hydrogen-bond donors (Lipinski definition) is 0. The first-order valence-electron chi connectivity index (χ1n) is 8.45. The number of hydrogen-bond acceptors (Lipinski definition) is 5. The second-order valence-corrected chi connectivity index (χ2v) is 6.37. The Hall–Kier alpha value is -2.74. The third-order valence-electron chi connectivity index (χ3n) is 4.26. The van der Waals surface area contributed by atoms with Gasteiger partial charge in [0.2, 0.25) is 6.43 Å². The largest absolute Gasteiger partial charge is 0.612 e. The molecule has 0 amide bonds. The average Bonchev–Trinajstić information content (AvgIpc) is 2.61. The molecule has 1 aliphatic heterocycles. The van der Waals surface area contributed by atoms with Crippen LogP contribution in [0.1, 0.15) is 11.4 Å². The summed E-state index contributed by atoms with van der Waals surface area (Å²) < 4.78 is 37.6. The highest BCUT2D eigenvalue weighted by atomic mass is 19.3. The van der Waals surface area contributed by atoms with Crippen LogP contribution in [-0.4, -0.2) is 50.5 Å². The first-order chi connectivity index (χ1) is 12.9. The monoisotopic (exact) mass is 373 g/mol. The molecule has 3 rings (SSSR count). The standard InChI is InChI=1S/C19H18BF2NO4/c1-23-11-16(24)26-20(27-17(25)12-23)18(19(21)22)15-9-7-14(8-10-15)13-5-3-2-4-6-13/h2-10,18-19H,11-12H2,1H3. The van der Waals surface area contributed by atoms with E-state index in [0.717, 1.165) is 11.1 Å². The van der Waals surface area contributed by atoms with Gasteiger partial charge >= 0.3 is 19.1 Å². The van der Waals surface area contributed by atoms with Crippen LogP contribution < -0.4 is 0 Å². The number of likely N-dealkylation sites (N-methyl/N-ethyl adjacent to an activating group) is 1. The van der Waals surface area contributed by atoms with Crippen LogP contribution in [0.3, 0.4) is 0 Å². The maximum atomic E-state index is 13.8. The highest BCUT2D eigenvalue weighted by Gasteiger charge is 2.45. The fraction of sp³-hybridized carbons (Fsp3) is 0.263. The van der Waals surface area contributed by atoms with Crippen molar-refractivity contribution in [2.24, 2.45) is 0 Å². The van der Waals surface area contributed by atoms with Crippen molar-refractivity contribution in [1.82, 2.24) is 4.90 Å². The lowest BCUT2D eigenvalue weighted by molar-refractivity contribution is -0.146. The molecule has 0 N–H and O–H groups in total. The van der Waals surface area contributed by atoms with Gasteiger partial charge in [0.1, 0.15) is 5.82 Å². The summed E-state index contributed by atoms with van der Waals surface area (Å²) in [6.07, 6.45) is -2.88. The number of carbonyl (C=O) groups is 2. The minimum Gasteiger partial charge on any atom is -0.498 e. The number of rotatable bonds is 4. The summed E-state index contributed by atoms with van der Waals surface area (Å²) in [5.74, 6) is -3.01. The molecule has 0 saturated carbocycles. The van der Waals surface area contributed by atoms with E-state index in [0.29, 0.717) is 0 Å². The van der Waals surface area contributed by atoms with Crippen molar-refractivity contribution in [3.8, 4) is 11.1 Å². The minimum absolute atomic E-state index is 0.172. The molecule has 1 aliphatic rings. The maximum Gasteiger partial charge on any atom is 0.612 e. The van der Waals surface area contributed by atoms with E-state index in [1.165, 1.54) is 24.1 Å². The molecule has 1 heterocycles. The fourth-order valence-electron chi connectivity index (χ4n) is 2.95. The molecule has 0 bridgehead atoms. The molecule has 2 aromatic rings. The Morgan fingerprint density at radius 1 is 0.889 bits per heavy atom. The van der Waals surface area contributed by atoms with E-state index >= 15 is 0 Å². The molecule has 1 atom stereocenters. The first-order valence-corrected chi connectivity index (χ1v) is 8.45. The molecular formula is C19H18BF2NO4. The van der Waals surface area contributed by atoms with Crippen molar-refractivity contribution in [1.29, 1.82) is 0 Å². The van der Waals surface area contributed by atoms with Crippen LogP contribution in [-0.2, 0) is 18.9 Å². The van der Waals surface area contributed by atoms with Gasteiger partial charge in [-0.05, 0) is 23.7 Å². The van der Waals surface area contributed by atoms with Gasteiger partial charge in [0, 0.05) is 0 Å². The highest BCUT2D eigenvalue weighted by Crippen LogP contribution is 2.30. The highest BCUT2D eigenvalue weighted by molar-refractivity contribution is 6.51. The smallest absolute Gasteiger partial charge is 0.498 e. The molecule has 5 nitrogen and oxygen atoms in total. The molecule has 0 aliphatic carbocycles. The predicted octanol–water partition coefficient (Wildman–Crippen LogP) is 2.76. The molecule has 0 aromatic heterocycles. The zero-order chi connectivity index (χ0) is 19.4. The Labute approximate surface area is 156 Å². The predicted molar refractivity (Wildman–Crippen MR) is 96.1 cm³/mol. The van der Waals surface area contributed by atoms with Gasteiger partial charge in [-0.3, -0.25) is 14.5 Å². The van der Waals surface area contributed by atoms with Gasteiger partial charge in [0.15, 0.2) is 0 Å². The number of benzene rings is 2. The zero-order valence-electron chi connectivity index (χ0n) is 14.7. The van der Waals surface area contributed by atoms with Crippen LogP contribution in [0.2, 0.25) is 0 Å². The maximum absolute atomic E-state index is 13.8. The molecule has 0 spiro atoms. The van der Waals surface area contributed by atoms with Crippen LogP contribution in [0.4, 0.5) is 8.78 Å². The van der Waals surface area contributed by atoms with Gasteiger partial charge in [-0.1, -0.05) is 54.6 Å². The van der Waals surface area contributed by atoms with E-state index in [4.69, 9.17) is 9.31 Å². The average molecular weight is 373 g/mol. The molecule has 27 heavy (non-hydrogen) atoms. The van der Waals surface area contributed by atoms with Crippen LogP contribution in [0, 0.1) is 0 Å². The zero-order valence-corrected chi connectivity index (χ0v) is 14.7. The van der Waals surface area contributed by atoms with Gasteiger partial charge in [-0.2, -0.15) is 0 Å². The van der Waals surface area contributed by atoms with Crippen LogP contribution >= 0.6 is 0 Å².